The maximum Gasteiger partial charge on any atom is 0.122 e. The summed E-state index contributed by atoms with van der Waals surface area (Å²) in [6.07, 6.45) is 0. The van der Waals surface area contributed by atoms with Crippen molar-refractivity contribution < 1.29 is 4.52 Å². The van der Waals surface area contributed by atoms with E-state index in [2.05, 4.69) is 9.47 Å². The van der Waals surface area contributed by atoms with E-state index in [9.17, 15) is 0 Å². The van der Waals surface area contributed by atoms with Crippen LogP contribution in [0, 0.1) is 0 Å². The van der Waals surface area contributed by atoms with Crippen LogP contribution in [0.4, 0.5) is 0 Å². The van der Waals surface area contributed by atoms with E-state index < -0.39 is 0 Å². The maximum absolute atomic E-state index is 4.83. The summed E-state index contributed by atoms with van der Waals surface area (Å²) >= 11 is 0. The quantitative estimate of drug-likeness (QED) is 0.452. The molecule has 1 atom stereocenters. The van der Waals surface area contributed by atoms with Crippen molar-refractivity contribution in [3.8, 4) is 5.75 Å². The van der Waals surface area contributed by atoms with Gasteiger partial charge in [0.05, 0.1) is 9.47 Å². The Kier molecular flexibility index (Phi) is 6.55. The molecule has 1 radical (unpaired) electrons. The number of benzene rings is 1. The Hall–Kier alpha value is 1.09. The van der Waals surface area contributed by atoms with Crippen LogP contribution in [0.15, 0.2) is 30.3 Å². The molecule has 0 N–H and O–H groups in total. The van der Waals surface area contributed by atoms with Gasteiger partial charge in [-0.05, 0) is 12.1 Å². The van der Waals surface area contributed by atoms with Crippen molar-refractivity contribution in [2.75, 3.05) is 0 Å². The Bertz CT molecular complexity index is 154. The number of para-hydroxylation sites is 1. The molecule has 0 fully saturated rings. The van der Waals surface area contributed by atoms with Crippen molar-refractivity contribution in [2.45, 2.75) is 0 Å². The van der Waals surface area contributed by atoms with Gasteiger partial charge in [-0.3, -0.25) is 0 Å². The molecule has 0 heterocycles. The van der Waals surface area contributed by atoms with Crippen molar-refractivity contribution in [1.29, 1.82) is 0 Å². The third kappa shape index (κ3) is 3.71. The topological polar surface area (TPSA) is 9.23 Å². The van der Waals surface area contributed by atoms with Crippen LogP contribution in [0.1, 0.15) is 0 Å². The molecule has 43 valence electrons. The molecule has 0 aromatic heterocycles. The summed E-state index contributed by atoms with van der Waals surface area (Å²) in [5.74, 6) is 0.873. The fourth-order valence-corrected chi connectivity index (χ4v) is 0.656. The van der Waals surface area contributed by atoms with Crippen LogP contribution in [0.25, 0.3) is 0 Å². The Labute approximate surface area is 99.9 Å². The smallest absolute Gasteiger partial charge is 0.122 e. The predicted molar refractivity (Wildman–Crippen MR) is 42.5 cm³/mol. The average molecular weight is 165 g/mol. The van der Waals surface area contributed by atoms with E-state index in [1.54, 1.807) is 0 Å². The summed E-state index contributed by atoms with van der Waals surface area (Å²) in [6, 6.07) is 9.60. The molecule has 0 aliphatic carbocycles. The summed E-state index contributed by atoms with van der Waals surface area (Å²) in [4.78, 5) is 0. The standard InChI is InChI=1S/C6H7OP.K/c8-7-6-4-2-1-3-5-6;/h1-5H,8H2;. The first-order valence-corrected chi connectivity index (χ1v) is 2.82. The Morgan fingerprint density at radius 1 is 1.11 bits per heavy atom. The normalized spacial score (nSPS) is 7.67. The first-order chi connectivity index (χ1) is 3.93. The summed E-state index contributed by atoms with van der Waals surface area (Å²) in [6.45, 7) is 0. The summed E-state index contributed by atoms with van der Waals surface area (Å²) < 4.78 is 4.83. The molecular weight excluding hydrogens is 158 g/mol. The predicted octanol–water partition coefficient (Wildman–Crippen LogP) is 1.47. The fraction of sp³-hybridized carbons (Fsp3) is 0. The molecule has 9 heavy (non-hydrogen) atoms. The molecule has 0 saturated carbocycles. The van der Waals surface area contributed by atoms with E-state index in [1.807, 2.05) is 30.3 Å². The van der Waals surface area contributed by atoms with Gasteiger partial charge in [0.1, 0.15) is 5.75 Å². The van der Waals surface area contributed by atoms with Gasteiger partial charge in [-0.15, -0.1) is 0 Å². The van der Waals surface area contributed by atoms with Crippen LogP contribution in [0.3, 0.4) is 0 Å². The monoisotopic (exact) mass is 165 g/mol. The number of hydrogen-bond donors (Lipinski definition) is 0. The maximum atomic E-state index is 4.83. The first-order valence-electron chi connectivity index (χ1n) is 2.35. The second kappa shape index (κ2) is 5.84. The molecule has 1 nitrogen and oxygen atoms in total. The van der Waals surface area contributed by atoms with Gasteiger partial charge < -0.3 is 4.52 Å². The zero-order valence-corrected chi connectivity index (χ0v) is 9.65. The van der Waals surface area contributed by atoms with Crippen molar-refractivity contribution in [2.24, 2.45) is 0 Å². The molecule has 3 heteroatoms. The second-order valence-electron chi connectivity index (χ2n) is 1.43. The van der Waals surface area contributed by atoms with Crippen molar-refractivity contribution >= 4 is 60.9 Å². The molecule has 1 unspecified atom stereocenters. The van der Waals surface area contributed by atoms with Gasteiger partial charge in [0.15, 0.2) is 0 Å². The van der Waals surface area contributed by atoms with E-state index in [-0.39, 0.29) is 51.4 Å². The largest absolute Gasteiger partial charge is 0.480 e. The van der Waals surface area contributed by atoms with E-state index in [0.717, 1.165) is 5.75 Å². The molecular formula is C6H7KOP. The van der Waals surface area contributed by atoms with Crippen LogP contribution < -0.4 is 4.52 Å². The second-order valence-corrected chi connectivity index (χ2v) is 1.67. The molecule has 1 aromatic carbocycles. The van der Waals surface area contributed by atoms with E-state index in [1.165, 1.54) is 0 Å². The third-order valence-corrected chi connectivity index (χ3v) is 1.15. The van der Waals surface area contributed by atoms with Gasteiger partial charge in [-0.25, -0.2) is 0 Å². The Morgan fingerprint density at radius 3 is 2.00 bits per heavy atom. The van der Waals surface area contributed by atoms with Crippen LogP contribution in [-0.4, -0.2) is 51.4 Å². The molecule has 1 rings (SSSR count). The minimum Gasteiger partial charge on any atom is -0.480 e. The summed E-state index contributed by atoms with van der Waals surface area (Å²) in [5, 5.41) is 0. The number of hydrogen-bond acceptors (Lipinski definition) is 1. The summed E-state index contributed by atoms with van der Waals surface area (Å²) in [5.41, 5.74) is 0. The first kappa shape index (κ1) is 10.1. The van der Waals surface area contributed by atoms with Crippen molar-refractivity contribution in [1.82, 2.24) is 0 Å². The zero-order valence-electron chi connectivity index (χ0n) is 5.37. The molecule has 1 aromatic rings. The fourth-order valence-electron chi connectivity index (χ4n) is 0.499. The van der Waals surface area contributed by atoms with Crippen LogP contribution >= 0.6 is 9.47 Å². The summed E-state index contributed by atoms with van der Waals surface area (Å²) in [7, 11) is 2.19. The van der Waals surface area contributed by atoms with E-state index in [4.69, 9.17) is 4.52 Å². The van der Waals surface area contributed by atoms with Crippen LogP contribution in [0.5, 0.6) is 5.75 Å². The van der Waals surface area contributed by atoms with Gasteiger partial charge in [-0.2, -0.15) is 0 Å². The van der Waals surface area contributed by atoms with Crippen molar-refractivity contribution in [3.05, 3.63) is 30.3 Å². The third-order valence-electron chi connectivity index (χ3n) is 0.879. The van der Waals surface area contributed by atoms with Crippen LogP contribution in [0.2, 0.25) is 0 Å². The van der Waals surface area contributed by atoms with Crippen molar-refractivity contribution in [3.63, 3.8) is 0 Å². The van der Waals surface area contributed by atoms with Gasteiger partial charge in [0.25, 0.3) is 0 Å². The molecule has 0 bridgehead atoms. The molecule has 0 saturated heterocycles. The minimum atomic E-state index is 0. The molecule has 0 spiro atoms. The van der Waals surface area contributed by atoms with E-state index >= 15 is 0 Å². The molecule has 0 amide bonds. The van der Waals surface area contributed by atoms with Gasteiger partial charge in [0, 0.05) is 51.4 Å². The van der Waals surface area contributed by atoms with Gasteiger partial charge >= 0.3 is 0 Å². The average Bonchev–Trinajstić information content (AvgIpc) is 1.90. The Morgan fingerprint density at radius 2 is 1.67 bits per heavy atom. The van der Waals surface area contributed by atoms with E-state index in [0.29, 0.717) is 0 Å². The molecule has 0 aliphatic heterocycles. The number of rotatable bonds is 1. The van der Waals surface area contributed by atoms with Gasteiger partial charge in [-0.1, -0.05) is 18.2 Å². The molecule has 0 aliphatic rings. The van der Waals surface area contributed by atoms with Gasteiger partial charge in [0.2, 0.25) is 0 Å². The zero-order chi connectivity index (χ0) is 5.82. The minimum absolute atomic E-state index is 0. The SMILES string of the molecule is POc1ccccc1.[K]. The van der Waals surface area contributed by atoms with Crippen LogP contribution in [-0.2, 0) is 0 Å². The Balaban J connectivity index is 0.000000640.